The van der Waals surface area contributed by atoms with Gasteiger partial charge in [-0.15, -0.1) is 0 Å². The lowest BCUT2D eigenvalue weighted by molar-refractivity contribution is -0.118. The fourth-order valence-corrected chi connectivity index (χ4v) is 2.08. The van der Waals surface area contributed by atoms with E-state index in [4.69, 9.17) is 0 Å². The van der Waals surface area contributed by atoms with Gasteiger partial charge in [0.15, 0.2) is 5.82 Å². The minimum atomic E-state index is -0.270. The van der Waals surface area contributed by atoms with E-state index in [1.807, 2.05) is 60.3 Å². The molecule has 2 heterocycles. The highest BCUT2D eigenvalue weighted by atomic mass is 16.2. The zero-order chi connectivity index (χ0) is 14.7. The monoisotopic (exact) mass is 281 g/mol. The summed E-state index contributed by atoms with van der Waals surface area (Å²) in [5.41, 5.74) is 1.60. The lowest BCUT2D eigenvalue weighted by atomic mass is 10.2. The van der Waals surface area contributed by atoms with Crippen LogP contribution in [0.3, 0.4) is 0 Å². The molecule has 0 unspecified atom stereocenters. The number of H-pyrrole nitrogens is 1. The Hall–Kier alpha value is -2.89. The average molecular weight is 281 g/mol. The third-order valence-corrected chi connectivity index (χ3v) is 3.27. The normalized spacial score (nSPS) is 12.0. The van der Waals surface area contributed by atoms with Crippen LogP contribution in [0.5, 0.6) is 0 Å². The molecule has 0 fully saturated rings. The standard InChI is InChI=1S/C15H15N5O/c1-11(20-7-2-3-8-20)15(21)18-13-6-4-5-12(9-13)14-16-10-17-19-14/h2-11H,1H3,(H,18,21)(H,16,17,19)/t11-/m1/s1. The van der Waals surface area contributed by atoms with Crippen molar-refractivity contribution in [2.24, 2.45) is 0 Å². The zero-order valence-electron chi connectivity index (χ0n) is 11.5. The Labute approximate surface area is 121 Å². The molecular formula is C15H15N5O. The molecule has 0 aliphatic heterocycles. The van der Waals surface area contributed by atoms with Crippen molar-refractivity contribution in [2.45, 2.75) is 13.0 Å². The molecule has 3 aromatic rings. The lowest BCUT2D eigenvalue weighted by Crippen LogP contribution is -2.22. The minimum Gasteiger partial charge on any atom is -0.342 e. The Bertz CT molecular complexity index is 718. The van der Waals surface area contributed by atoms with Crippen LogP contribution >= 0.6 is 0 Å². The first-order valence-electron chi connectivity index (χ1n) is 6.63. The second-order valence-corrected chi connectivity index (χ2v) is 4.71. The van der Waals surface area contributed by atoms with Crippen molar-refractivity contribution in [2.75, 3.05) is 5.32 Å². The van der Waals surface area contributed by atoms with E-state index in [0.717, 1.165) is 11.3 Å². The molecule has 6 nitrogen and oxygen atoms in total. The Kier molecular flexibility index (Phi) is 3.51. The van der Waals surface area contributed by atoms with E-state index in [1.165, 1.54) is 6.33 Å². The third-order valence-electron chi connectivity index (χ3n) is 3.27. The Morgan fingerprint density at radius 2 is 2.10 bits per heavy atom. The molecule has 1 atom stereocenters. The first-order valence-corrected chi connectivity index (χ1v) is 6.63. The van der Waals surface area contributed by atoms with Gasteiger partial charge in [-0.05, 0) is 31.2 Å². The molecule has 2 aromatic heterocycles. The van der Waals surface area contributed by atoms with Crippen LogP contribution in [0.1, 0.15) is 13.0 Å². The SMILES string of the molecule is C[C@H](C(=O)Nc1cccc(-c2ncn[nH]2)c1)n1cccc1. The maximum Gasteiger partial charge on any atom is 0.247 e. The molecule has 1 aromatic carbocycles. The predicted octanol–water partition coefficient (Wildman–Crippen LogP) is 2.47. The summed E-state index contributed by atoms with van der Waals surface area (Å²) in [7, 11) is 0. The summed E-state index contributed by atoms with van der Waals surface area (Å²) in [5, 5.41) is 9.54. The molecular weight excluding hydrogens is 266 g/mol. The van der Waals surface area contributed by atoms with E-state index in [1.54, 1.807) is 0 Å². The Morgan fingerprint density at radius 1 is 1.29 bits per heavy atom. The van der Waals surface area contributed by atoms with Gasteiger partial charge in [0.25, 0.3) is 0 Å². The Balaban J connectivity index is 1.76. The zero-order valence-corrected chi connectivity index (χ0v) is 11.5. The molecule has 0 radical (unpaired) electrons. The highest BCUT2D eigenvalue weighted by Gasteiger charge is 2.14. The van der Waals surface area contributed by atoms with E-state index in [9.17, 15) is 4.79 Å². The van der Waals surface area contributed by atoms with Crippen molar-refractivity contribution >= 4 is 11.6 Å². The molecule has 0 aliphatic carbocycles. The quantitative estimate of drug-likeness (QED) is 0.771. The number of nitrogens with one attached hydrogen (secondary N) is 2. The molecule has 1 amide bonds. The molecule has 0 bridgehead atoms. The van der Waals surface area contributed by atoms with Crippen molar-refractivity contribution in [3.8, 4) is 11.4 Å². The van der Waals surface area contributed by atoms with Crippen LogP contribution in [0.15, 0.2) is 55.1 Å². The molecule has 0 spiro atoms. The second-order valence-electron chi connectivity index (χ2n) is 4.71. The average Bonchev–Trinajstić information content (AvgIpc) is 3.20. The number of rotatable bonds is 4. The highest BCUT2D eigenvalue weighted by molar-refractivity contribution is 5.94. The number of nitrogens with zero attached hydrogens (tertiary/aromatic N) is 3. The van der Waals surface area contributed by atoms with E-state index < -0.39 is 0 Å². The smallest absolute Gasteiger partial charge is 0.247 e. The van der Waals surface area contributed by atoms with E-state index in [0.29, 0.717) is 5.82 Å². The topological polar surface area (TPSA) is 75.6 Å². The molecule has 106 valence electrons. The fourth-order valence-electron chi connectivity index (χ4n) is 2.08. The summed E-state index contributed by atoms with van der Waals surface area (Å²) in [6, 6.07) is 11.0. The fraction of sp³-hybridized carbons (Fsp3) is 0.133. The van der Waals surface area contributed by atoms with Crippen molar-refractivity contribution in [3.63, 3.8) is 0 Å². The van der Waals surface area contributed by atoms with Crippen molar-refractivity contribution in [1.29, 1.82) is 0 Å². The predicted molar refractivity (Wildman–Crippen MR) is 79.6 cm³/mol. The summed E-state index contributed by atoms with van der Waals surface area (Å²) in [4.78, 5) is 16.3. The van der Waals surface area contributed by atoms with Gasteiger partial charge >= 0.3 is 0 Å². The third kappa shape index (κ3) is 2.84. The summed E-state index contributed by atoms with van der Waals surface area (Å²) < 4.78 is 1.86. The van der Waals surface area contributed by atoms with Gasteiger partial charge in [-0.25, -0.2) is 4.98 Å². The molecule has 21 heavy (non-hydrogen) atoms. The van der Waals surface area contributed by atoms with Crippen LogP contribution in [0, 0.1) is 0 Å². The van der Waals surface area contributed by atoms with Crippen LogP contribution < -0.4 is 5.32 Å². The van der Waals surface area contributed by atoms with Gasteiger partial charge in [-0.2, -0.15) is 5.10 Å². The van der Waals surface area contributed by atoms with Crippen LogP contribution in [-0.4, -0.2) is 25.7 Å². The second kappa shape index (κ2) is 5.62. The van der Waals surface area contributed by atoms with Crippen molar-refractivity contribution in [1.82, 2.24) is 19.7 Å². The minimum absolute atomic E-state index is 0.0686. The number of hydrogen-bond donors (Lipinski definition) is 2. The summed E-state index contributed by atoms with van der Waals surface area (Å²) in [5.74, 6) is 0.602. The Morgan fingerprint density at radius 3 is 2.81 bits per heavy atom. The number of amides is 1. The number of hydrogen-bond acceptors (Lipinski definition) is 3. The molecule has 3 rings (SSSR count). The van der Waals surface area contributed by atoms with E-state index in [2.05, 4.69) is 20.5 Å². The maximum absolute atomic E-state index is 12.2. The van der Waals surface area contributed by atoms with E-state index >= 15 is 0 Å². The van der Waals surface area contributed by atoms with Crippen molar-refractivity contribution < 1.29 is 4.79 Å². The number of carbonyl (C=O) groups is 1. The molecule has 0 saturated heterocycles. The van der Waals surface area contributed by atoms with Gasteiger partial charge in [0, 0.05) is 23.6 Å². The molecule has 2 N–H and O–H groups in total. The van der Waals surface area contributed by atoms with Crippen LogP contribution in [0.2, 0.25) is 0 Å². The number of carbonyl (C=O) groups excluding carboxylic acids is 1. The number of aromatic amines is 1. The molecule has 0 aliphatic rings. The summed E-state index contributed by atoms with van der Waals surface area (Å²) >= 11 is 0. The van der Waals surface area contributed by atoms with E-state index in [-0.39, 0.29) is 11.9 Å². The first kappa shape index (κ1) is 13.1. The highest BCUT2D eigenvalue weighted by Crippen LogP contribution is 2.19. The number of aromatic nitrogens is 4. The molecule has 6 heteroatoms. The maximum atomic E-state index is 12.2. The van der Waals surface area contributed by atoms with Crippen LogP contribution in [0.4, 0.5) is 5.69 Å². The number of benzene rings is 1. The van der Waals surface area contributed by atoms with Gasteiger partial charge < -0.3 is 9.88 Å². The summed E-state index contributed by atoms with van der Waals surface area (Å²) in [6.45, 7) is 1.86. The number of anilines is 1. The van der Waals surface area contributed by atoms with Gasteiger partial charge in [-0.1, -0.05) is 12.1 Å². The van der Waals surface area contributed by atoms with Gasteiger partial charge in [0.05, 0.1) is 0 Å². The molecule has 0 saturated carbocycles. The van der Waals surface area contributed by atoms with Gasteiger partial charge in [0.1, 0.15) is 12.4 Å². The largest absolute Gasteiger partial charge is 0.342 e. The van der Waals surface area contributed by atoms with Crippen LogP contribution in [-0.2, 0) is 4.79 Å². The first-order chi connectivity index (χ1) is 10.2. The summed E-state index contributed by atoms with van der Waals surface area (Å²) in [6.07, 6.45) is 5.19. The van der Waals surface area contributed by atoms with Gasteiger partial charge in [0.2, 0.25) is 5.91 Å². The lowest BCUT2D eigenvalue weighted by Gasteiger charge is -2.14. The van der Waals surface area contributed by atoms with Gasteiger partial charge in [-0.3, -0.25) is 9.89 Å². The van der Waals surface area contributed by atoms with Crippen molar-refractivity contribution in [3.05, 3.63) is 55.1 Å². The van der Waals surface area contributed by atoms with Crippen LogP contribution in [0.25, 0.3) is 11.4 Å².